The van der Waals surface area contributed by atoms with Crippen molar-refractivity contribution in [3.63, 3.8) is 0 Å². The van der Waals surface area contributed by atoms with Gasteiger partial charge in [-0.3, -0.25) is 0 Å². The van der Waals surface area contributed by atoms with Crippen LogP contribution < -0.4 is 5.32 Å². The summed E-state index contributed by atoms with van der Waals surface area (Å²) < 4.78 is 13.2. The number of benzene rings is 2. The Kier molecular flexibility index (Phi) is 5.41. The fraction of sp³-hybridized carbons (Fsp3) is 0.250. The highest BCUT2D eigenvalue weighted by Crippen LogP contribution is 2.20. The van der Waals surface area contributed by atoms with Gasteiger partial charge < -0.3 is 5.32 Å². The van der Waals surface area contributed by atoms with E-state index in [0.29, 0.717) is 0 Å². The fourth-order valence-electron chi connectivity index (χ4n) is 2.16. The Morgan fingerprint density at radius 2 is 1.80 bits per heavy atom. The molecule has 2 aromatic carbocycles. The first kappa shape index (κ1) is 15.3. The molecule has 0 aliphatic heterocycles. The van der Waals surface area contributed by atoms with Crippen molar-refractivity contribution in [1.82, 2.24) is 5.32 Å². The summed E-state index contributed by atoms with van der Waals surface area (Å²) in [6.45, 7) is 0. The Bertz CT molecular complexity index is 586. The van der Waals surface area contributed by atoms with Crippen LogP contribution in [-0.4, -0.2) is 13.1 Å². The topological polar surface area (TPSA) is 12.0 Å². The number of hydrogen-bond acceptors (Lipinski definition) is 1. The summed E-state index contributed by atoms with van der Waals surface area (Å²) in [5.74, 6) is -0.387. The highest BCUT2D eigenvalue weighted by Gasteiger charge is 2.11. The minimum atomic E-state index is -0.387. The third-order valence-corrected chi connectivity index (χ3v) is 3.96. The largest absolute Gasteiger partial charge is 0.316 e. The van der Waals surface area contributed by atoms with E-state index in [-0.39, 0.29) is 16.9 Å². The Labute approximate surface area is 128 Å². The molecule has 1 nitrogen and oxygen atoms in total. The molecule has 0 aliphatic carbocycles. The highest BCUT2D eigenvalue weighted by atomic mass is 35.5. The minimum Gasteiger partial charge on any atom is -0.316 e. The van der Waals surface area contributed by atoms with Crippen LogP contribution in [0.2, 0.25) is 10.0 Å². The molecule has 2 rings (SSSR count). The molecular weight excluding hydrogens is 296 g/mol. The Hall–Kier alpha value is -1.09. The quantitative estimate of drug-likeness (QED) is 0.857. The van der Waals surface area contributed by atoms with Gasteiger partial charge in [0.15, 0.2) is 0 Å². The molecule has 0 aromatic heterocycles. The predicted octanol–water partition coefficient (Wildman–Crippen LogP) is 4.51. The summed E-state index contributed by atoms with van der Waals surface area (Å²) in [7, 11) is 1.91. The molecule has 0 spiro atoms. The van der Waals surface area contributed by atoms with E-state index in [9.17, 15) is 4.39 Å². The van der Waals surface area contributed by atoms with Crippen LogP contribution in [0.25, 0.3) is 0 Å². The van der Waals surface area contributed by atoms with E-state index in [1.807, 2.05) is 31.3 Å². The van der Waals surface area contributed by atoms with E-state index in [4.69, 9.17) is 23.2 Å². The molecule has 0 saturated carbocycles. The van der Waals surface area contributed by atoms with Crippen LogP contribution in [0.4, 0.5) is 4.39 Å². The molecule has 0 aliphatic rings. The number of rotatable bonds is 5. The molecule has 0 radical (unpaired) electrons. The molecule has 2 aromatic rings. The van der Waals surface area contributed by atoms with Crippen molar-refractivity contribution in [2.75, 3.05) is 7.05 Å². The van der Waals surface area contributed by atoms with E-state index in [1.165, 1.54) is 6.07 Å². The van der Waals surface area contributed by atoms with E-state index in [2.05, 4.69) is 5.32 Å². The summed E-state index contributed by atoms with van der Waals surface area (Å²) in [6, 6.07) is 12.9. The third kappa shape index (κ3) is 3.95. The maximum atomic E-state index is 13.2. The van der Waals surface area contributed by atoms with Gasteiger partial charge >= 0.3 is 0 Å². The normalized spacial score (nSPS) is 12.4. The van der Waals surface area contributed by atoms with Crippen LogP contribution in [0.3, 0.4) is 0 Å². The third-order valence-electron chi connectivity index (χ3n) is 3.30. The predicted molar refractivity (Wildman–Crippen MR) is 83.1 cm³/mol. The van der Waals surface area contributed by atoms with Gasteiger partial charge in [-0.25, -0.2) is 4.39 Å². The van der Waals surface area contributed by atoms with Crippen molar-refractivity contribution < 1.29 is 4.39 Å². The second kappa shape index (κ2) is 7.07. The molecule has 0 heterocycles. The van der Waals surface area contributed by atoms with E-state index in [0.717, 1.165) is 29.0 Å². The van der Waals surface area contributed by atoms with E-state index < -0.39 is 0 Å². The summed E-state index contributed by atoms with van der Waals surface area (Å²) in [5.41, 5.74) is 2.10. The van der Waals surface area contributed by atoms with Gasteiger partial charge in [-0.15, -0.1) is 0 Å². The zero-order chi connectivity index (χ0) is 14.5. The lowest BCUT2D eigenvalue weighted by Gasteiger charge is -2.17. The van der Waals surface area contributed by atoms with Crippen LogP contribution in [0, 0.1) is 5.82 Å². The summed E-state index contributed by atoms with van der Waals surface area (Å²) in [4.78, 5) is 0. The number of likely N-dealkylation sites (N-methyl/N-ethyl adjacent to an activating group) is 1. The number of nitrogens with one attached hydrogen (secondary N) is 1. The maximum Gasteiger partial charge on any atom is 0.141 e. The van der Waals surface area contributed by atoms with Gasteiger partial charge in [-0.05, 0) is 49.2 Å². The average Bonchev–Trinajstić information content (AvgIpc) is 2.44. The lowest BCUT2D eigenvalue weighted by molar-refractivity contribution is 0.555. The highest BCUT2D eigenvalue weighted by molar-refractivity contribution is 6.31. The SMILES string of the molecule is CNC(Cc1ccc(F)c(Cl)c1)Cc1ccccc1Cl. The Morgan fingerprint density at radius 1 is 1.05 bits per heavy atom. The van der Waals surface area contributed by atoms with Crippen molar-refractivity contribution in [1.29, 1.82) is 0 Å². The van der Waals surface area contributed by atoms with Gasteiger partial charge in [0.1, 0.15) is 5.82 Å². The van der Waals surface area contributed by atoms with Gasteiger partial charge in [0.25, 0.3) is 0 Å². The van der Waals surface area contributed by atoms with E-state index in [1.54, 1.807) is 12.1 Å². The molecule has 0 saturated heterocycles. The second-order valence-electron chi connectivity index (χ2n) is 4.73. The summed E-state index contributed by atoms with van der Waals surface area (Å²) in [6.07, 6.45) is 1.58. The second-order valence-corrected chi connectivity index (χ2v) is 5.55. The maximum absolute atomic E-state index is 13.2. The average molecular weight is 312 g/mol. The number of hydrogen-bond donors (Lipinski definition) is 1. The molecule has 4 heteroatoms. The monoisotopic (exact) mass is 311 g/mol. The van der Waals surface area contributed by atoms with Gasteiger partial charge in [0.05, 0.1) is 5.02 Å². The first-order valence-electron chi connectivity index (χ1n) is 6.44. The van der Waals surface area contributed by atoms with Crippen molar-refractivity contribution in [3.8, 4) is 0 Å². The van der Waals surface area contributed by atoms with Crippen LogP contribution >= 0.6 is 23.2 Å². The first-order chi connectivity index (χ1) is 9.60. The van der Waals surface area contributed by atoms with Gasteiger partial charge in [0.2, 0.25) is 0 Å². The van der Waals surface area contributed by atoms with Gasteiger partial charge in [-0.1, -0.05) is 47.5 Å². The van der Waals surface area contributed by atoms with Crippen molar-refractivity contribution in [2.45, 2.75) is 18.9 Å². The van der Waals surface area contributed by atoms with Crippen LogP contribution in [0.1, 0.15) is 11.1 Å². The zero-order valence-electron chi connectivity index (χ0n) is 11.2. The zero-order valence-corrected chi connectivity index (χ0v) is 12.7. The molecule has 1 atom stereocenters. The summed E-state index contributed by atoms with van der Waals surface area (Å²) >= 11 is 12.0. The van der Waals surface area contributed by atoms with Crippen molar-refractivity contribution in [3.05, 3.63) is 69.5 Å². The molecule has 20 heavy (non-hydrogen) atoms. The van der Waals surface area contributed by atoms with Crippen molar-refractivity contribution in [2.24, 2.45) is 0 Å². The van der Waals surface area contributed by atoms with E-state index >= 15 is 0 Å². The van der Waals surface area contributed by atoms with Crippen LogP contribution in [0.15, 0.2) is 42.5 Å². The molecular formula is C16H16Cl2FN. The minimum absolute atomic E-state index is 0.162. The Balaban J connectivity index is 2.09. The molecule has 106 valence electrons. The molecule has 0 amide bonds. The fourth-order valence-corrected chi connectivity index (χ4v) is 2.57. The van der Waals surface area contributed by atoms with Gasteiger partial charge in [-0.2, -0.15) is 0 Å². The lowest BCUT2D eigenvalue weighted by Crippen LogP contribution is -2.30. The molecule has 0 fully saturated rings. The lowest BCUT2D eigenvalue weighted by atomic mass is 9.99. The van der Waals surface area contributed by atoms with Gasteiger partial charge in [0, 0.05) is 11.1 Å². The standard InChI is InChI=1S/C16H16Cl2FN/c1-20-13(10-12-4-2-3-5-14(12)17)8-11-6-7-16(19)15(18)9-11/h2-7,9,13,20H,8,10H2,1H3. The smallest absolute Gasteiger partial charge is 0.141 e. The molecule has 1 N–H and O–H groups in total. The number of halogens is 3. The first-order valence-corrected chi connectivity index (χ1v) is 7.20. The summed E-state index contributed by atoms with van der Waals surface area (Å²) in [5, 5.41) is 4.20. The Morgan fingerprint density at radius 3 is 2.45 bits per heavy atom. The molecule has 1 unspecified atom stereocenters. The van der Waals surface area contributed by atoms with Crippen LogP contribution in [-0.2, 0) is 12.8 Å². The molecule has 0 bridgehead atoms. The van der Waals surface area contributed by atoms with Crippen LogP contribution in [0.5, 0.6) is 0 Å². The van der Waals surface area contributed by atoms with Crippen molar-refractivity contribution >= 4 is 23.2 Å².